The maximum absolute atomic E-state index is 12.7. The summed E-state index contributed by atoms with van der Waals surface area (Å²) < 4.78 is 0. The third kappa shape index (κ3) is 2.26. The number of aromatic amines is 1. The van der Waals surface area contributed by atoms with Crippen LogP contribution in [0.15, 0.2) is 35.1 Å². The number of pyridine rings is 1. The highest BCUT2D eigenvalue weighted by Gasteiger charge is 2.42. The zero-order chi connectivity index (χ0) is 15.9. The van der Waals surface area contributed by atoms with E-state index in [0.717, 1.165) is 5.39 Å². The standard InChI is InChI=1S/C16H16N2O4/c1-16(15(21)22)7-8-18(9-16)14(20)11-4-2-3-10-5-6-12(19)17-13(10)11/h2-6H,7-9H2,1H3,(H,17,19)(H,21,22). The van der Waals surface area contributed by atoms with E-state index in [2.05, 4.69) is 4.98 Å². The lowest BCUT2D eigenvalue weighted by Gasteiger charge is -2.20. The number of carboxylic acid groups (broad SMARTS) is 1. The van der Waals surface area contributed by atoms with Gasteiger partial charge < -0.3 is 15.0 Å². The number of fused-ring (bicyclic) bond motifs is 1. The molecule has 1 aromatic heterocycles. The summed E-state index contributed by atoms with van der Waals surface area (Å²) in [6, 6.07) is 8.29. The van der Waals surface area contributed by atoms with Gasteiger partial charge in [-0.2, -0.15) is 0 Å². The first-order valence-electron chi connectivity index (χ1n) is 7.05. The number of carbonyl (C=O) groups excluding carboxylic acids is 1. The molecular formula is C16H16N2O4. The number of nitrogens with one attached hydrogen (secondary N) is 1. The Hall–Kier alpha value is -2.63. The number of aliphatic carboxylic acids is 1. The number of likely N-dealkylation sites (tertiary alicyclic amines) is 1. The van der Waals surface area contributed by atoms with Gasteiger partial charge in [-0.15, -0.1) is 0 Å². The molecule has 0 bridgehead atoms. The minimum absolute atomic E-state index is 0.175. The maximum atomic E-state index is 12.7. The lowest BCUT2D eigenvalue weighted by molar-refractivity contribution is -0.147. The number of amides is 1. The largest absolute Gasteiger partial charge is 0.481 e. The molecule has 3 rings (SSSR count). The summed E-state index contributed by atoms with van der Waals surface area (Å²) in [4.78, 5) is 39.7. The van der Waals surface area contributed by atoms with Crippen LogP contribution in [0, 0.1) is 5.41 Å². The minimum atomic E-state index is -0.909. The Bertz CT molecular complexity index is 826. The first-order chi connectivity index (χ1) is 10.4. The molecular weight excluding hydrogens is 284 g/mol. The number of para-hydroxylation sites is 1. The molecule has 22 heavy (non-hydrogen) atoms. The molecule has 6 nitrogen and oxygen atoms in total. The number of hydrogen-bond acceptors (Lipinski definition) is 3. The van der Waals surface area contributed by atoms with Crippen molar-refractivity contribution in [2.45, 2.75) is 13.3 Å². The molecule has 0 aliphatic carbocycles. The van der Waals surface area contributed by atoms with Crippen LogP contribution in [0.25, 0.3) is 10.9 Å². The van der Waals surface area contributed by atoms with E-state index in [1.165, 1.54) is 11.0 Å². The molecule has 0 spiro atoms. The highest BCUT2D eigenvalue weighted by atomic mass is 16.4. The first-order valence-corrected chi connectivity index (χ1v) is 7.05. The Morgan fingerprint density at radius 2 is 2.05 bits per heavy atom. The number of nitrogens with zero attached hydrogens (tertiary/aromatic N) is 1. The van der Waals surface area contributed by atoms with Crippen molar-refractivity contribution in [1.82, 2.24) is 9.88 Å². The van der Waals surface area contributed by atoms with Gasteiger partial charge in [-0.05, 0) is 30.9 Å². The molecule has 0 saturated carbocycles. The fraction of sp³-hybridized carbons (Fsp3) is 0.312. The average molecular weight is 300 g/mol. The third-order valence-electron chi connectivity index (χ3n) is 4.27. The quantitative estimate of drug-likeness (QED) is 0.878. The van der Waals surface area contributed by atoms with Gasteiger partial charge in [-0.25, -0.2) is 0 Å². The van der Waals surface area contributed by atoms with E-state index < -0.39 is 11.4 Å². The molecule has 6 heteroatoms. The van der Waals surface area contributed by atoms with Crippen molar-refractivity contribution < 1.29 is 14.7 Å². The van der Waals surface area contributed by atoms with Gasteiger partial charge in [0.25, 0.3) is 5.91 Å². The molecule has 1 aliphatic rings. The monoisotopic (exact) mass is 300 g/mol. The zero-order valence-electron chi connectivity index (χ0n) is 12.1. The summed E-state index contributed by atoms with van der Waals surface area (Å²) in [6.07, 6.45) is 0.426. The second kappa shape index (κ2) is 4.98. The van der Waals surface area contributed by atoms with Gasteiger partial charge in [0.05, 0.1) is 16.5 Å². The van der Waals surface area contributed by atoms with Crippen molar-refractivity contribution in [2.24, 2.45) is 5.41 Å². The van der Waals surface area contributed by atoms with Crippen molar-refractivity contribution in [3.63, 3.8) is 0 Å². The minimum Gasteiger partial charge on any atom is -0.481 e. The Labute approximate surface area is 126 Å². The van der Waals surface area contributed by atoms with Crippen LogP contribution in [-0.4, -0.2) is 40.0 Å². The molecule has 2 aromatic rings. The van der Waals surface area contributed by atoms with E-state index >= 15 is 0 Å². The van der Waals surface area contributed by atoms with Crippen LogP contribution in [0.5, 0.6) is 0 Å². The fourth-order valence-corrected chi connectivity index (χ4v) is 2.84. The van der Waals surface area contributed by atoms with Gasteiger partial charge in [-0.3, -0.25) is 14.4 Å². The summed E-state index contributed by atoms with van der Waals surface area (Å²) in [6.45, 7) is 2.22. The number of H-pyrrole nitrogens is 1. The molecule has 1 saturated heterocycles. The van der Waals surface area contributed by atoms with Crippen LogP contribution in [0.4, 0.5) is 0 Å². The van der Waals surface area contributed by atoms with Crippen LogP contribution in [0.1, 0.15) is 23.7 Å². The van der Waals surface area contributed by atoms with Crippen LogP contribution in [0.3, 0.4) is 0 Å². The lowest BCUT2D eigenvalue weighted by Crippen LogP contribution is -2.35. The summed E-state index contributed by atoms with van der Waals surface area (Å²) in [5.74, 6) is -1.15. The van der Waals surface area contributed by atoms with Gasteiger partial charge in [0, 0.05) is 19.2 Å². The molecule has 1 amide bonds. The molecule has 1 atom stereocenters. The van der Waals surface area contributed by atoms with Crippen molar-refractivity contribution in [3.05, 3.63) is 46.2 Å². The Morgan fingerprint density at radius 1 is 1.27 bits per heavy atom. The van der Waals surface area contributed by atoms with Crippen molar-refractivity contribution in [1.29, 1.82) is 0 Å². The third-order valence-corrected chi connectivity index (χ3v) is 4.27. The molecule has 1 unspecified atom stereocenters. The van der Waals surface area contributed by atoms with Crippen LogP contribution in [-0.2, 0) is 4.79 Å². The summed E-state index contributed by atoms with van der Waals surface area (Å²) in [7, 11) is 0. The zero-order valence-corrected chi connectivity index (χ0v) is 12.1. The van der Waals surface area contributed by atoms with E-state index in [0.29, 0.717) is 24.0 Å². The summed E-state index contributed by atoms with van der Waals surface area (Å²) in [5.41, 5.74) is -0.300. The molecule has 2 N–H and O–H groups in total. The van der Waals surface area contributed by atoms with E-state index in [1.807, 2.05) is 6.07 Å². The number of rotatable bonds is 2. The SMILES string of the molecule is CC1(C(=O)O)CCN(C(=O)c2cccc3ccc(=O)[nH]c23)C1. The van der Waals surface area contributed by atoms with E-state index in [-0.39, 0.29) is 18.0 Å². The number of carbonyl (C=O) groups is 2. The van der Waals surface area contributed by atoms with Gasteiger partial charge >= 0.3 is 5.97 Å². The van der Waals surface area contributed by atoms with Gasteiger partial charge in [0.1, 0.15) is 0 Å². The molecule has 1 aliphatic heterocycles. The fourth-order valence-electron chi connectivity index (χ4n) is 2.84. The Kier molecular flexibility index (Phi) is 3.24. The molecule has 2 heterocycles. The number of aromatic nitrogens is 1. The van der Waals surface area contributed by atoms with Crippen LogP contribution < -0.4 is 5.56 Å². The Morgan fingerprint density at radius 3 is 2.73 bits per heavy atom. The smallest absolute Gasteiger partial charge is 0.311 e. The van der Waals surface area contributed by atoms with Crippen LogP contribution >= 0.6 is 0 Å². The summed E-state index contributed by atoms with van der Waals surface area (Å²) >= 11 is 0. The van der Waals surface area contributed by atoms with Gasteiger partial charge in [-0.1, -0.05) is 12.1 Å². The highest BCUT2D eigenvalue weighted by Crippen LogP contribution is 2.31. The number of benzene rings is 1. The highest BCUT2D eigenvalue weighted by molar-refractivity contribution is 6.05. The topological polar surface area (TPSA) is 90.5 Å². The van der Waals surface area contributed by atoms with E-state index in [1.54, 1.807) is 25.1 Å². The predicted octanol–water partition coefficient (Wildman–Crippen LogP) is 1.46. The van der Waals surface area contributed by atoms with Crippen molar-refractivity contribution in [2.75, 3.05) is 13.1 Å². The summed E-state index contributed by atoms with van der Waals surface area (Å²) in [5, 5.41) is 10.0. The average Bonchev–Trinajstić information content (AvgIpc) is 2.90. The lowest BCUT2D eigenvalue weighted by atomic mass is 9.90. The molecule has 1 aromatic carbocycles. The predicted molar refractivity (Wildman–Crippen MR) is 80.8 cm³/mol. The molecule has 1 fully saturated rings. The first kappa shape index (κ1) is 14.3. The van der Waals surface area contributed by atoms with E-state index in [9.17, 15) is 19.5 Å². The molecule has 114 valence electrons. The van der Waals surface area contributed by atoms with Gasteiger partial charge in [0.15, 0.2) is 0 Å². The van der Waals surface area contributed by atoms with Gasteiger partial charge in [0.2, 0.25) is 5.56 Å². The molecule has 0 radical (unpaired) electrons. The second-order valence-electron chi connectivity index (χ2n) is 5.93. The number of carboxylic acids is 1. The second-order valence-corrected chi connectivity index (χ2v) is 5.93. The van der Waals surface area contributed by atoms with Crippen molar-refractivity contribution >= 4 is 22.8 Å². The Balaban J connectivity index is 1.99. The van der Waals surface area contributed by atoms with Crippen molar-refractivity contribution in [3.8, 4) is 0 Å². The maximum Gasteiger partial charge on any atom is 0.311 e. The van der Waals surface area contributed by atoms with Crippen LogP contribution in [0.2, 0.25) is 0 Å². The normalized spacial score (nSPS) is 21.2. The van der Waals surface area contributed by atoms with E-state index in [4.69, 9.17) is 0 Å². The number of hydrogen-bond donors (Lipinski definition) is 2.